The van der Waals surface area contributed by atoms with Crippen LogP contribution < -0.4 is 5.48 Å². The molecule has 1 atom stereocenters. The van der Waals surface area contributed by atoms with Crippen molar-refractivity contribution < 1.29 is 32.2 Å². The predicted molar refractivity (Wildman–Crippen MR) is 39.3 cm³/mol. The number of hydrogen-bond donors (Lipinski definition) is 3. The molecule has 4 nitrogen and oxygen atoms in total. The molecule has 6 heteroatoms. The normalized spacial score (nSPS) is 11.8. The van der Waals surface area contributed by atoms with E-state index in [0.29, 0.717) is 6.42 Å². The fourth-order valence-corrected chi connectivity index (χ4v) is 0.950. The van der Waals surface area contributed by atoms with Crippen LogP contribution in [0.2, 0.25) is 0 Å². The van der Waals surface area contributed by atoms with E-state index in [-0.39, 0.29) is 17.1 Å². The third kappa shape index (κ3) is 6.65. The van der Waals surface area contributed by atoms with Crippen LogP contribution in [-0.4, -0.2) is 34.3 Å². The topological polar surface area (TPSA) is 69.6 Å². The van der Waals surface area contributed by atoms with Crippen molar-refractivity contribution in [3.63, 3.8) is 0 Å². The summed E-state index contributed by atoms with van der Waals surface area (Å²) in [5.74, 6) is -0.290. The van der Waals surface area contributed by atoms with E-state index in [2.05, 4.69) is 0 Å². The zero-order valence-electron chi connectivity index (χ0n) is 6.06. The van der Waals surface area contributed by atoms with Crippen LogP contribution in [0.25, 0.3) is 0 Å². The Hall–Kier alpha value is 0.259. The Morgan fingerprint density at radius 1 is 1.73 bits per heavy atom. The Balaban J connectivity index is 0. The van der Waals surface area contributed by atoms with Crippen LogP contribution in [0.1, 0.15) is 6.42 Å². The Morgan fingerprint density at radius 2 is 2.27 bits per heavy atom. The fourth-order valence-electron chi connectivity index (χ4n) is 0.479. The molecular formula is C5H11FeNO3S. The minimum Gasteiger partial charge on any atom is -0.480 e. The summed E-state index contributed by atoms with van der Waals surface area (Å²) in [4.78, 5) is 10.2. The maximum absolute atomic E-state index is 10.2. The van der Waals surface area contributed by atoms with E-state index >= 15 is 0 Å². The number of hydroxylamine groups is 1. The van der Waals surface area contributed by atoms with Crippen LogP contribution in [0.4, 0.5) is 0 Å². The van der Waals surface area contributed by atoms with E-state index in [9.17, 15) is 4.79 Å². The van der Waals surface area contributed by atoms with Crippen molar-refractivity contribution in [3.8, 4) is 0 Å². The zero-order valence-corrected chi connectivity index (χ0v) is 7.98. The van der Waals surface area contributed by atoms with Crippen molar-refractivity contribution in [3.05, 3.63) is 0 Å². The summed E-state index contributed by atoms with van der Waals surface area (Å²) in [6, 6.07) is -0.826. The summed E-state index contributed by atoms with van der Waals surface area (Å²) < 4.78 is 0. The van der Waals surface area contributed by atoms with Gasteiger partial charge in [0.1, 0.15) is 6.04 Å². The van der Waals surface area contributed by atoms with Crippen molar-refractivity contribution in [2.75, 3.05) is 12.0 Å². The monoisotopic (exact) mass is 221 g/mol. The van der Waals surface area contributed by atoms with Gasteiger partial charge in [0.2, 0.25) is 0 Å². The summed E-state index contributed by atoms with van der Waals surface area (Å²) in [6.07, 6.45) is 2.32. The van der Waals surface area contributed by atoms with Crippen LogP contribution in [0.15, 0.2) is 0 Å². The van der Waals surface area contributed by atoms with Crippen LogP contribution in [0.3, 0.4) is 0 Å². The minimum atomic E-state index is -1.02. The van der Waals surface area contributed by atoms with E-state index in [1.807, 2.05) is 6.26 Å². The predicted octanol–water partition coefficient (Wildman–Crippen LogP) is 0.169. The molecule has 0 aromatic rings. The van der Waals surface area contributed by atoms with Gasteiger partial charge in [-0.1, -0.05) is 0 Å². The molecule has 11 heavy (non-hydrogen) atoms. The van der Waals surface area contributed by atoms with E-state index in [4.69, 9.17) is 10.3 Å². The van der Waals surface area contributed by atoms with Gasteiger partial charge in [-0.3, -0.25) is 4.79 Å². The average molecular weight is 221 g/mol. The van der Waals surface area contributed by atoms with E-state index in [1.54, 1.807) is 17.2 Å². The van der Waals surface area contributed by atoms with Crippen molar-refractivity contribution in [1.82, 2.24) is 5.48 Å². The van der Waals surface area contributed by atoms with Gasteiger partial charge in [-0.25, -0.2) is 0 Å². The van der Waals surface area contributed by atoms with Gasteiger partial charge in [0, 0.05) is 17.1 Å². The average Bonchev–Trinajstić information content (AvgIpc) is 1.89. The first-order valence-corrected chi connectivity index (χ1v) is 4.23. The molecule has 0 bridgehead atoms. The summed E-state index contributed by atoms with van der Waals surface area (Å²) in [6.45, 7) is 0. The molecule has 68 valence electrons. The van der Waals surface area contributed by atoms with Gasteiger partial charge in [0.15, 0.2) is 0 Å². The number of carbonyl (C=O) groups is 1. The fraction of sp³-hybridized carbons (Fsp3) is 0.800. The van der Waals surface area contributed by atoms with Crippen LogP contribution in [0.5, 0.6) is 0 Å². The van der Waals surface area contributed by atoms with Crippen molar-refractivity contribution >= 4 is 17.7 Å². The van der Waals surface area contributed by atoms with Gasteiger partial charge in [0.05, 0.1) is 0 Å². The van der Waals surface area contributed by atoms with Crippen LogP contribution in [-0.2, 0) is 21.9 Å². The van der Waals surface area contributed by atoms with Gasteiger partial charge < -0.3 is 10.3 Å². The van der Waals surface area contributed by atoms with Gasteiger partial charge in [-0.05, 0) is 18.4 Å². The molecule has 0 heterocycles. The molecule has 0 spiro atoms. The molecule has 0 aliphatic heterocycles. The molecule has 0 aliphatic carbocycles. The maximum Gasteiger partial charge on any atom is 0.323 e. The third-order valence-electron chi connectivity index (χ3n) is 1.06. The quantitative estimate of drug-likeness (QED) is 0.456. The van der Waals surface area contributed by atoms with Crippen LogP contribution >= 0.6 is 11.8 Å². The molecule has 0 rings (SSSR count). The first-order chi connectivity index (χ1) is 4.72. The minimum absolute atomic E-state index is 0. The molecule has 0 aromatic carbocycles. The molecule has 0 saturated carbocycles. The number of thioether (sulfide) groups is 1. The Bertz CT molecular complexity index is 114. The van der Waals surface area contributed by atoms with E-state index in [0.717, 1.165) is 5.75 Å². The first-order valence-electron chi connectivity index (χ1n) is 2.83. The van der Waals surface area contributed by atoms with Gasteiger partial charge >= 0.3 is 5.97 Å². The number of aliphatic carboxylic acids is 1. The molecule has 0 saturated heterocycles. The molecule has 1 unspecified atom stereocenters. The second kappa shape index (κ2) is 8.36. The molecule has 3 N–H and O–H groups in total. The largest absolute Gasteiger partial charge is 0.480 e. The third-order valence-corrected chi connectivity index (χ3v) is 1.71. The SMILES string of the molecule is CSCCC(NO)C(=O)O.[Fe]. The molecule has 0 fully saturated rings. The summed E-state index contributed by atoms with van der Waals surface area (Å²) in [7, 11) is 0. The van der Waals surface area contributed by atoms with Gasteiger partial charge in [-0.15, -0.1) is 0 Å². The molecule has 0 aliphatic rings. The molecule has 0 amide bonds. The smallest absolute Gasteiger partial charge is 0.323 e. The standard InChI is InChI=1S/C5H11NO3S.Fe/c1-10-3-2-4(6-9)5(7)8;/h4,6,9H,2-3H2,1H3,(H,7,8);. The van der Waals surface area contributed by atoms with Crippen molar-refractivity contribution in [2.24, 2.45) is 0 Å². The number of carboxylic acid groups (broad SMARTS) is 1. The molecular weight excluding hydrogens is 210 g/mol. The number of nitrogens with one attached hydrogen (secondary N) is 1. The van der Waals surface area contributed by atoms with E-state index in [1.165, 1.54) is 0 Å². The Morgan fingerprint density at radius 3 is 2.55 bits per heavy atom. The summed E-state index contributed by atoms with van der Waals surface area (Å²) in [5, 5.41) is 16.7. The number of rotatable bonds is 5. The summed E-state index contributed by atoms with van der Waals surface area (Å²) in [5.41, 5.74) is 1.72. The van der Waals surface area contributed by atoms with Gasteiger partial charge in [0.25, 0.3) is 0 Å². The van der Waals surface area contributed by atoms with Crippen LogP contribution in [0, 0.1) is 0 Å². The number of carboxylic acids is 1. The first kappa shape index (κ1) is 13.8. The molecule has 0 radical (unpaired) electrons. The van der Waals surface area contributed by atoms with Gasteiger partial charge in [-0.2, -0.15) is 17.2 Å². The second-order valence-electron chi connectivity index (χ2n) is 1.80. The molecule has 0 aromatic heterocycles. The second-order valence-corrected chi connectivity index (χ2v) is 2.79. The summed E-state index contributed by atoms with van der Waals surface area (Å²) >= 11 is 1.55. The number of hydrogen-bond acceptors (Lipinski definition) is 4. The van der Waals surface area contributed by atoms with Crippen molar-refractivity contribution in [2.45, 2.75) is 12.5 Å². The van der Waals surface area contributed by atoms with Crippen molar-refractivity contribution in [1.29, 1.82) is 0 Å². The maximum atomic E-state index is 10.2. The Labute approximate surface area is 80.2 Å². The Kier molecular flexibility index (Phi) is 10.5. The van der Waals surface area contributed by atoms with E-state index < -0.39 is 12.0 Å². The zero-order chi connectivity index (χ0) is 7.98.